The monoisotopic (exact) mass is 301 g/mol. The molecule has 0 unspecified atom stereocenters. The summed E-state index contributed by atoms with van der Waals surface area (Å²) in [5, 5.41) is 7.51. The molecule has 0 saturated carbocycles. The molecule has 2 heterocycles. The van der Waals surface area contributed by atoms with Crippen molar-refractivity contribution in [1.29, 1.82) is 0 Å². The van der Waals surface area contributed by atoms with Crippen LogP contribution in [0.15, 0.2) is 22.7 Å². The number of aryl methyl sites for hydroxylation is 2. The highest BCUT2D eigenvalue weighted by Crippen LogP contribution is 2.21. The van der Waals surface area contributed by atoms with Crippen LogP contribution in [0.3, 0.4) is 0 Å². The Morgan fingerprint density at radius 3 is 2.75 bits per heavy atom. The molecule has 0 fully saturated rings. The van der Waals surface area contributed by atoms with Crippen molar-refractivity contribution in [2.75, 3.05) is 0 Å². The first kappa shape index (κ1) is 15.1. The van der Waals surface area contributed by atoms with Crippen molar-refractivity contribution in [2.45, 2.75) is 31.5 Å². The quantitative estimate of drug-likeness (QED) is 0.853. The van der Waals surface area contributed by atoms with Crippen LogP contribution in [0.5, 0.6) is 0 Å². The van der Waals surface area contributed by atoms with Gasteiger partial charge in [0.15, 0.2) is 0 Å². The molecule has 20 heavy (non-hydrogen) atoms. The van der Waals surface area contributed by atoms with E-state index in [1.165, 1.54) is 0 Å². The van der Waals surface area contributed by atoms with Gasteiger partial charge in [-0.05, 0) is 19.1 Å². The van der Waals surface area contributed by atoms with Gasteiger partial charge in [-0.25, -0.2) is 0 Å². The predicted octanol–water partition coefficient (Wildman–Crippen LogP) is 3.07. The lowest BCUT2D eigenvalue weighted by molar-refractivity contribution is 0.251. The normalized spacial score (nSPS) is 11.4. The summed E-state index contributed by atoms with van der Waals surface area (Å²) in [7, 11) is 1.88. The highest BCUT2D eigenvalue weighted by Gasteiger charge is 2.08. The summed E-state index contributed by atoms with van der Waals surface area (Å²) in [4.78, 5) is 0. The van der Waals surface area contributed by atoms with Crippen molar-refractivity contribution in [3.63, 3.8) is 0 Å². The van der Waals surface area contributed by atoms with Gasteiger partial charge >= 0.3 is 0 Å². The molecule has 0 amide bonds. The van der Waals surface area contributed by atoms with E-state index in [0.717, 1.165) is 17.0 Å². The van der Waals surface area contributed by atoms with Crippen molar-refractivity contribution in [2.24, 2.45) is 7.05 Å². The Morgan fingerprint density at radius 1 is 1.35 bits per heavy atom. The van der Waals surface area contributed by atoms with Gasteiger partial charge in [-0.1, -0.05) is 11.8 Å². The second-order valence-corrected chi connectivity index (χ2v) is 5.44. The van der Waals surface area contributed by atoms with Crippen LogP contribution in [0, 0.1) is 6.92 Å². The zero-order chi connectivity index (χ0) is 14.5. The number of alkyl halides is 2. The first-order chi connectivity index (χ1) is 9.54. The molecule has 0 spiro atoms. The minimum atomic E-state index is -2.37. The van der Waals surface area contributed by atoms with Crippen molar-refractivity contribution in [3.05, 3.63) is 41.1 Å². The molecule has 0 aromatic carbocycles. The molecule has 2 aromatic heterocycles. The van der Waals surface area contributed by atoms with Crippen LogP contribution < -0.4 is 5.32 Å². The average Bonchev–Trinajstić information content (AvgIpc) is 2.94. The van der Waals surface area contributed by atoms with Crippen LogP contribution in [0.25, 0.3) is 0 Å². The van der Waals surface area contributed by atoms with Gasteiger partial charge in [0.2, 0.25) is 0 Å². The Morgan fingerprint density at radius 2 is 2.10 bits per heavy atom. The van der Waals surface area contributed by atoms with E-state index in [1.54, 1.807) is 10.7 Å². The second-order valence-electron chi connectivity index (χ2n) is 4.46. The minimum absolute atomic E-state index is 0.194. The lowest BCUT2D eigenvalue weighted by Crippen LogP contribution is -2.12. The summed E-state index contributed by atoms with van der Waals surface area (Å²) in [6.07, 6.45) is 1.97. The number of hydrogen-bond acceptors (Lipinski definition) is 4. The van der Waals surface area contributed by atoms with Gasteiger partial charge in [0.1, 0.15) is 11.5 Å². The molecule has 2 rings (SSSR count). The summed E-state index contributed by atoms with van der Waals surface area (Å²) in [5.74, 6) is -0.851. The molecule has 0 saturated heterocycles. The summed E-state index contributed by atoms with van der Waals surface area (Å²) in [5.41, 5.74) is 2.13. The number of hydrogen-bond donors (Lipinski definition) is 1. The molecule has 0 aliphatic rings. The summed E-state index contributed by atoms with van der Waals surface area (Å²) in [6.45, 7) is 3.22. The zero-order valence-corrected chi connectivity index (χ0v) is 12.2. The van der Waals surface area contributed by atoms with Crippen molar-refractivity contribution in [3.8, 4) is 0 Å². The molecule has 7 heteroatoms. The third-order valence-electron chi connectivity index (χ3n) is 2.80. The summed E-state index contributed by atoms with van der Waals surface area (Å²) in [6, 6.07) is 3.55. The summed E-state index contributed by atoms with van der Waals surface area (Å²) >= 11 is 0.565. The zero-order valence-electron chi connectivity index (χ0n) is 11.4. The van der Waals surface area contributed by atoms with E-state index in [9.17, 15) is 8.78 Å². The van der Waals surface area contributed by atoms with Crippen molar-refractivity contribution in [1.82, 2.24) is 15.1 Å². The molecular formula is C13H17F2N3OS. The fraction of sp³-hybridized carbons (Fsp3) is 0.462. The van der Waals surface area contributed by atoms with Gasteiger partial charge in [0.25, 0.3) is 5.76 Å². The Hall–Kier alpha value is -1.34. The molecule has 0 bridgehead atoms. The SMILES string of the molecule is Cc1nn(C)cc1CNCc1ccc(CSC(F)F)o1. The molecule has 4 nitrogen and oxygen atoms in total. The third-order valence-corrected chi connectivity index (χ3v) is 3.50. The second kappa shape index (κ2) is 6.90. The van der Waals surface area contributed by atoms with E-state index in [1.807, 2.05) is 26.2 Å². The fourth-order valence-corrected chi connectivity index (χ4v) is 2.33. The maximum absolute atomic E-state index is 12.1. The van der Waals surface area contributed by atoms with Gasteiger partial charge < -0.3 is 9.73 Å². The Bertz CT molecular complexity index is 554. The van der Waals surface area contributed by atoms with Crippen LogP contribution >= 0.6 is 11.8 Å². The Kier molecular flexibility index (Phi) is 5.19. The van der Waals surface area contributed by atoms with Gasteiger partial charge in [0.05, 0.1) is 18.0 Å². The predicted molar refractivity (Wildman–Crippen MR) is 74.5 cm³/mol. The van der Waals surface area contributed by atoms with Crippen LogP contribution in [-0.4, -0.2) is 15.5 Å². The molecule has 2 aromatic rings. The highest BCUT2D eigenvalue weighted by molar-refractivity contribution is 7.98. The maximum atomic E-state index is 12.1. The average molecular weight is 301 g/mol. The third kappa shape index (κ3) is 4.35. The van der Waals surface area contributed by atoms with E-state index < -0.39 is 5.76 Å². The standard InChI is InChI=1S/C13H17F2N3OS/c1-9-10(7-18(2)17-9)5-16-6-11-3-4-12(19-11)8-20-13(14)15/h3-4,7,13,16H,5-6,8H2,1-2H3. The van der Waals surface area contributed by atoms with E-state index in [4.69, 9.17) is 4.42 Å². The topological polar surface area (TPSA) is 43.0 Å². The van der Waals surface area contributed by atoms with Gasteiger partial charge in [-0.15, -0.1) is 0 Å². The number of nitrogens with zero attached hydrogens (tertiary/aromatic N) is 2. The van der Waals surface area contributed by atoms with Crippen LogP contribution in [0.2, 0.25) is 0 Å². The molecule has 0 aliphatic heterocycles. The van der Waals surface area contributed by atoms with Crippen molar-refractivity contribution >= 4 is 11.8 Å². The van der Waals surface area contributed by atoms with Crippen molar-refractivity contribution < 1.29 is 13.2 Å². The van der Waals surface area contributed by atoms with E-state index >= 15 is 0 Å². The molecule has 0 atom stereocenters. The van der Waals surface area contributed by atoms with Gasteiger partial charge in [0, 0.05) is 25.4 Å². The minimum Gasteiger partial charge on any atom is -0.464 e. The number of rotatable bonds is 7. The Balaban J connectivity index is 1.78. The summed E-state index contributed by atoms with van der Waals surface area (Å²) < 4.78 is 31.4. The molecule has 110 valence electrons. The molecular weight excluding hydrogens is 284 g/mol. The Labute approximate surface area is 120 Å². The molecule has 0 aliphatic carbocycles. The number of aromatic nitrogens is 2. The van der Waals surface area contributed by atoms with E-state index in [0.29, 0.717) is 30.6 Å². The lowest BCUT2D eigenvalue weighted by Gasteiger charge is -2.01. The van der Waals surface area contributed by atoms with Gasteiger partial charge in [-0.3, -0.25) is 4.68 Å². The van der Waals surface area contributed by atoms with E-state index in [2.05, 4.69) is 10.4 Å². The van der Waals surface area contributed by atoms with Crippen LogP contribution in [0.1, 0.15) is 22.8 Å². The smallest absolute Gasteiger partial charge is 0.284 e. The number of nitrogens with one attached hydrogen (secondary N) is 1. The fourth-order valence-electron chi connectivity index (χ4n) is 1.88. The molecule has 0 radical (unpaired) electrons. The van der Waals surface area contributed by atoms with Crippen LogP contribution in [0.4, 0.5) is 8.78 Å². The first-order valence-corrected chi connectivity index (χ1v) is 7.26. The number of furan rings is 1. The number of thioether (sulfide) groups is 1. The van der Waals surface area contributed by atoms with Gasteiger partial charge in [-0.2, -0.15) is 13.9 Å². The largest absolute Gasteiger partial charge is 0.464 e. The first-order valence-electron chi connectivity index (χ1n) is 6.22. The van der Waals surface area contributed by atoms with E-state index in [-0.39, 0.29) is 5.75 Å². The number of halogens is 2. The molecule has 1 N–H and O–H groups in total. The lowest BCUT2D eigenvalue weighted by atomic mass is 10.2. The van der Waals surface area contributed by atoms with Crippen LogP contribution in [-0.2, 0) is 25.9 Å². The highest BCUT2D eigenvalue weighted by atomic mass is 32.2. The maximum Gasteiger partial charge on any atom is 0.284 e.